The topological polar surface area (TPSA) is 3.24 Å². The van der Waals surface area contributed by atoms with Crippen LogP contribution in [0.1, 0.15) is 65.2 Å². The van der Waals surface area contributed by atoms with E-state index >= 15 is 0 Å². The van der Waals surface area contributed by atoms with Crippen LogP contribution in [0.5, 0.6) is 0 Å². The van der Waals surface area contributed by atoms with Crippen LogP contribution in [0.15, 0.2) is 0 Å². The first-order valence-corrected chi connectivity index (χ1v) is 6.62. The molecule has 0 unspecified atom stereocenters. The lowest BCUT2D eigenvalue weighted by atomic mass is 10.1. The lowest BCUT2D eigenvalue weighted by Crippen LogP contribution is -2.36. The van der Waals surface area contributed by atoms with E-state index in [4.69, 9.17) is 0 Å². The van der Waals surface area contributed by atoms with Gasteiger partial charge in [0.1, 0.15) is 0 Å². The van der Waals surface area contributed by atoms with Crippen LogP contribution in [0.2, 0.25) is 0 Å². The molecule has 0 aromatic carbocycles. The highest BCUT2D eigenvalue weighted by Gasteiger charge is 2.18. The van der Waals surface area contributed by atoms with Gasteiger partial charge in [-0.25, -0.2) is 0 Å². The molecular formula is C13H27N. The van der Waals surface area contributed by atoms with Crippen molar-refractivity contribution in [2.45, 2.75) is 71.3 Å². The van der Waals surface area contributed by atoms with Gasteiger partial charge in [-0.05, 0) is 38.8 Å². The molecule has 1 heteroatoms. The van der Waals surface area contributed by atoms with E-state index in [1.807, 2.05) is 0 Å². The van der Waals surface area contributed by atoms with Crippen molar-refractivity contribution in [1.82, 2.24) is 4.90 Å². The van der Waals surface area contributed by atoms with Crippen LogP contribution in [0, 0.1) is 0 Å². The van der Waals surface area contributed by atoms with E-state index < -0.39 is 0 Å². The molecule has 0 aromatic heterocycles. The van der Waals surface area contributed by atoms with Crippen LogP contribution in [0.25, 0.3) is 0 Å². The Labute approximate surface area is 89.9 Å². The van der Waals surface area contributed by atoms with Gasteiger partial charge in [0.05, 0.1) is 0 Å². The quantitative estimate of drug-likeness (QED) is 0.605. The summed E-state index contributed by atoms with van der Waals surface area (Å²) in [5.41, 5.74) is 0. The summed E-state index contributed by atoms with van der Waals surface area (Å²) in [6.45, 7) is 7.25. The first kappa shape index (κ1) is 12.0. The molecule has 1 aliphatic carbocycles. The minimum atomic E-state index is 0.914. The summed E-state index contributed by atoms with van der Waals surface area (Å²) < 4.78 is 0. The summed E-state index contributed by atoms with van der Waals surface area (Å²) in [5, 5.41) is 0. The maximum absolute atomic E-state index is 2.74. The Morgan fingerprint density at radius 1 is 0.857 bits per heavy atom. The van der Waals surface area contributed by atoms with E-state index in [0.717, 1.165) is 6.04 Å². The molecule has 0 heterocycles. The van der Waals surface area contributed by atoms with Crippen molar-refractivity contribution in [2.24, 2.45) is 0 Å². The summed E-state index contributed by atoms with van der Waals surface area (Å²) in [5.74, 6) is 0. The molecule has 0 bridgehead atoms. The summed E-state index contributed by atoms with van der Waals surface area (Å²) >= 11 is 0. The molecule has 0 aliphatic heterocycles. The van der Waals surface area contributed by atoms with Gasteiger partial charge >= 0.3 is 0 Å². The van der Waals surface area contributed by atoms with Crippen molar-refractivity contribution < 1.29 is 0 Å². The molecule has 0 atom stereocenters. The summed E-state index contributed by atoms with van der Waals surface area (Å²) in [4.78, 5) is 2.74. The molecule has 1 fully saturated rings. The first-order valence-electron chi connectivity index (χ1n) is 6.62. The standard InChI is InChI=1S/C13H27N/c1-3-11-14(12-4-2)13-9-7-5-6-8-10-13/h13H,3-12H2,1-2H3. The van der Waals surface area contributed by atoms with Crippen LogP contribution in [-0.2, 0) is 0 Å². The largest absolute Gasteiger partial charge is 0.300 e. The van der Waals surface area contributed by atoms with Crippen LogP contribution < -0.4 is 0 Å². The van der Waals surface area contributed by atoms with E-state index in [2.05, 4.69) is 18.7 Å². The van der Waals surface area contributed by atoms with Gasteiger partial charge in [-0.3, -0.25) is 0 Å². The Kier molecular flexibility index (Phi) is 6.25. The smallest absolute Gasteiger partial charge is 0.00952 e. The average Bonchev–Trinajstić information content (AvgIpc) is 2.45. The molecule has 0 amide bonds. The van der Waals surface area contributed by atoms with Crippen molar-refractivity contribution in [2.75, 3.05) is 13.1 Å². The fourth-order valence-corrected chi connectivity index (χ4v) is 2.67. The molecule has 1 saturated carbocycles. The Balaban J connectivity index is 2.38. The van der Waals surface area contributed by atoms with Gasteiger partial charge in [-0.2, -0.15) is 0 Å². The van der Waals surface area contributed by atoms with Crippen molar-refractivity contribution in [3.05, 3.63) is 0 Å². The molecular weight excluding hydrogens is 170 g/mol. The molecule has 0 saturated heterocycles. The lowest BCUT2D eigenvalue weighted by molar-refractivity contribution is 0.179. The highest BCUT2D eigenvalue weighted by atomic mass is 15.1. The molecule has 14 heavy (non-hydrogen) atoms. The van der Waals surface area contributed by atoms with Gasteiger partial charge in [0.15, 0.2) is 0 Å². The van der Waals surface area contributed by atoms with Crippen molar-refractivity contribution in [3.8, 4) is 0 Å². The average molecular weight is 197 g/mol. The molecule has 1 aliphatic rings. The fourth-order valence-electron chi connectivity index (χ4n) is 2.67. The SMILES string of the molecule is CCCN(CCC)C1CCCCCC1. The third-order valence-electron chi connectivity index (χ3n) is 3.36. The normalized spacial score (nSPS) is 19.9. The lowest BCUT2D eigenvalue weighted by Gasteiger charge is -2.30. The Bertz CT molecular complexity index is 119. The van der Waals surface area contributed by atoms with Crippen LogP contribution in [0.3, 0.4) is 0 Å². The zero-order chi connectivity index (χ0) is 10.2. The minimum Gasteiger partial charge on any atom is -0.300 e. The summed E-state index contributed by atoms with van der Waals surface area (Å²) in [6, 6.07) is 0.914. The molecule has 1 rings (SSSR count). The molecule has 0 aromatic rings. The summed E-state index contributed by atoms with van der Waals surface area (Å²) in [6.07, 6.45) is 11.4. The highest BCUT2D eigenvalue weighted by Crippen LogP contribution is 2.22. The van der Waals surface area contributed by atoms with Gasteiger partial charge in [-0.1, -0.05) is 39.5 Å². The highest BCUT2D eigenvalue weighted by molar-refractivity contribution is 4.74. The second kappa shape index (κ2) is 7.28. The number of hydrogen-bond donors (Lipinski definition) is 0. The van der Waals surface area contributed by atoms with Crippen molar-refractivity contribution in [1.29, 1.82) is 0 Å². The maximum atomic E-state index is 2.74. The predicted octanol–water partition coefficient (Wildman–Crippen LogP) is 3.83. The molecule has 0 spiro atoms. The van der Waals surface area contributed by atoms with Gasteiger partial charge in [0, 0.05) is 6.04 Å². The van der Waals surface area contributed by atoms with E-state index in [0.29, 0.717) is 0 Å². The zero-order valence-corrected chi connectivity index (χ0v) is 10.1. The van der Waals surface area contributed by atoms with Crippen molar-refractivity contribution >= 4 is 0 Å². The van der Waals surface area contributed by atoms with E-state index in [9.17, 15) is 0 Å². The Hall–Kier alpha value is -0.0400. The van der Waals surface area contributed by atoms with Crippen LogP contribution in [-0.4, -0.2) is 24.0 Å². The minimum absolute atomic E-state index is 0.914. The van der Waals surface area contributed by atoms with E-state index in [1.165, 1.54) is 64.5 Å². The fraction of sp³-hybridized carbons (Fsp3) is 1.00. The van der Waals surface area contributed by atoms with Gasteiger partial charge in [-0.15, -0.1) is 0 Å². The zero-order valence-electron chi connectivity index (χ0n) is 10.1. The van der Waals surface area contributed by atoms with Crippen LogP contribution in [0.4, 0.5) is 0 Å². The van der Waals surface area contributed by atoms with Crippen LogP contribution >= 0.6 is 0 Å². The first-order chi connectivity index (χ1) is 6.88. The van der Waals surface area contributed by atoms with Gasteiger partial charge < -0.3 is 4.90 Å². The Morgan fingerprint density at radius 3 is 1.79 bits per heavy atom. The number of nitrogens with zero attached hydrogens (tertiary/aromatic N) is 1. The monoisotopic (exact) mass is 197 g/mol. The molecule has 0 radical (unpaired) electrons. The third-order valence-corrected chi connectivity index (χ3v) is 3.36. The Morgan fingerprint density at radius 2 is 1.36 bits per heavy atom. The van der Waals surface area contributed by atoms with E-state index in [-0.39, 0.29) is 0 Å². The maximum Gasteiger partial charge on any atom is 0.00952 e. The van der Waals surface area contributed by atoms with E-state index in [1.54, 1.807) is 0 Å². The second-order valence-electron chi connectivity index (χ2n) is 4.68. The summed E-state index contributed by atoms with van der Waals surface area (Å²) in [7, 11) is 0. The third kappa shape index (κ3) is 4.00. The predicted molar refractivity (Wildman–Crippen MR) is 63.6 cm³/mol. The number of rotatable bonds is 5. The van der Waals surface area contributed by atoms with Gasteiger partial charge in [0.25, 0.3) is 0 Å². The van der Waals surface area contributed by atoms with Crippen molar-refractivity contribution in [3.63, 3.8) is 0 Å². The molecule has 1 nitrogen and oxygen atoms in total. The van der Waals surface area contributed by atoms with Gasteiger partial charge in [0.2, 0.25) is 0 Å². The molecule has 0 N–H and O–H groups in total. The molecule has 84 valence electrons. The second-order valence-corrected chi connectivity index (χ2v) is 4.68. The number of hydrogen-bond acceptors (Lipinski definition) is 1.